The molecule has 7 heteroatoms. The summed E-state index contributed by atoms with van der Waals surface area (Å²) in [6.45, 7) is 0.492. The lowest BCUT2D eigenvalue weighted by Gasteiger charge is -2.15. The number of halogens is 1. The van der Waals surface area contributed by atoms with E-state index in [0.29, 0.717) is 35.0 Å². The number of amides is 1. The van der Waals surface area contributed by atoms with Gasteiger partial charge in [0.25, 0.3) is 11.6 Å². The molecule has 0 aliphatic carbocycles. The van der Waals surface area contributed by atoms with Gasteiger partial charge < -0.3 is 9.64 Å². The smallest absolute Gasteiger partial charge is 0.271 e. The van der Waals surface area contributed by atoms with Crippen molar-refractivity contribution < 1.29 is 14.5 Å². The minimum Gasteiger partial charge on any atom is -0.496 e. The lowest BCUT2D eigenvalue weighted by Crippen LogP contribution is -2.26. The monoisotopic (exact) mass is 358 g/mol. The predicted molar refractivity (Wildman–Crippen MR) is 96.2 cm³/mol. The fourth-order valence-electron chi connectivity index (χ4n) is 2.80. The molecule has 1 amide bonds. The van der Waals surface area contributed by atoms with Crippen molar-refractivity contribution in [2.75, 3.05) is 18.6 Å². The van der Waals surface area contributed by atoms with Crippen LogP contribution in [0, 0.1) is 10.1 Å². The minimum atomic E-state index is -0.464. The van der Waals surface area contributed by atoms with Gasteiger partial charge in [0.1, 0.15) is 5.75 Å². The number of nitro benzene ring substituents is 1. The Morgan fingerprint density at radius 2 is 2.12 bits per heavy atom. The van der Waals surface area contributed by atoms with Crippen LogP contribution in [0.15, 0.2) is 42.5 Å². The van der Waals surface area contributed by atoms with E-state index in [1.165, 1.54) is 30.2 Å². The van der Waals surface area contributed by atoms with E-state index in [0.717, 1.165) is 5.56 Å². The zero-order valence-corrected chi connectivity index (χ0v) is 14.2. The van der Waals surface area contributed by atoms with Gasteiger partial charge >= 0.3 is 0 Å². The molecule has 0 spiro atoms. The maximum Gasteiger partial charge on any atom is 0.271 e. The molecule has 6 nitrogen and oxygen atoms in total. The molecule has 0 saturated carbocycles. The molecule has 1 aliphatic heterocycles. The summed E-state index contributed by atoms with van der Waals surface area (Å²) in [5.41, 5.74) is 2.16. The number of hydrogen-bond acceptors (Lipinski definition) is 4. The first-order chi connectivity index (χ1) is 12.0. The second kappa shape index (κ2) is 6.94. The Hall–Kier alpha value is -2.86. The summed E-state index contributed by atoms with van der Waals surface area (Å²) in [5.74, 6) is 0.354. The fourth-order valence-corrected chi connectivity index (χ4v) is 2.98. The molecule has 0 unspecified atom stereocenters. The molecule has 2 aromatic rings. The molecular formula is C18H15ClN2O4. The van der Waals surface area contributed by atoms with Crippen LogP contribution in [0.5, 0.6) is 5.75 Å². The quantitative estimate of drug-likeness (QED) is 0.472. The third kappa shape index (κ3) is 3.49. The summed E-state index contributed by atoms with van der Waals surface area (Å²) in [7, 11) is 1.54. The second-order valence-electron chi connectivity index (χ2n) is 5.53. The maximum atomic E-state index is 12.5. The largest absolute Gasteiger partial charge is 0.496 e. The van der Waals surface area contributed by atoms with E-state index in [1.54, 1.807) is 30.3 Å². The zero-order valence-electron chi connectivity index (χ0n) is 13.4. The van der Waals surface area contributed by atoms with Gasteiger partial charge in [0.05, 0.1) is 17.7 Å². The Labute approximate surface area is 149 Å². The van der Waals surface area contributed by atoms with E-state index >= 15 is 0 Å². The molecule has 25 heavy (non-hydrogen) atoms. The average molecular weight is 359 g/mol. The number of fused-ring (bicyclic) bond motifs is 1. The summed E-state index contributed by atoms with van der Waals surface area (Å²) in [6.07, 6.45) is 3.72. The van der Waals surface area contributed by atoms with Gasteiger partial charge in [-0.15, -0.1) is 0 Å². The van der Waals surface area contributed by atoms with E-state index in [1.807, 2.05) is 0 Å². The van der Waals surface area contributed by atoms with E-state index in [4.69, 9.17) is 16.3 Å². The van der Waals surface area contributed by atoms with Crippen molar-refractivity contribution >= 4 is 35.0 Å². The number of ether oxygens (including phenoxy) is 1. The van der Waals surface area contributed by atoms with Crippen LogP contribution in [0.4, 0.5) is 11.4 Å². The molecule has 0 atom stereocenters. The van der Waals surface area contributed by atoms with Gasteiger partial charge in [0, 0.05) is 35.3 Å². The SMILES string of the molecule is COc1ccc(Cl)cc1/C=C/C(=O)N1CCc2ccc([N+](=O)[O-])cc21. The van der Waals surface area contributed by atoms with Crippen molar-refractivity contribution in [3.8, 4) is 5.75 Å². The van der Waals surface area contributed by atoms with E-state index in [2.05, 4.69) is 0 Å². The number of benzene rings is 2. The summed E-state index contributed by atoms with van der Waals surface area (Å²) < 4.78 is 5.25. The van der Waals surface area contributed by atoms with Gasteiger partial charge in [-0.2, -0.15) is 0 Å². The van der Waals surface area contributed by atoms with Crippen LogP contribution in [0.2, 0.25) is 5.02 Å². The summed E-state index contributed by atoms with van der Waals surface area (Å²) in [6, 6.07) is 9.72. The molecule has 0 aromatic heterocycles. The first kappa shape index (κ1) is 17.0. The topological polar surface area (TPSA) is 72.7 Å². The molecule has 0 fully saturated rings. The normalized spacial score (nSPS) is 13.1. The van der Waals surface area contributed by atoms with Crippen LogP contribution in [-0.2, 0) is 11.2 Å². The van der Waals surface area contributed by atoms with Crippen LogP contribution < -0.4 is 9.64 Å². The number of nitrogens with zero attached hydrogens (tertiary/aromatic N) is 2. The summed E-state index contributed by atoms with van der Waals surface area (Å²) in [5, 5.41) is 11.5. The number of rotatable bonds is 4. The van der Waals surface area contributed by atoms with Gasteiger partial charge in [0.2, 0.25) is 0 Å². The highest BCUT2D eigenvalue weighted by molar-refractivity contribution is 6.30. The number of carbonyl (C=O) groups excluding carboxylic acids is 1. The summed E-state index contributed by atoms with van der Waals surface area (Å²) in [4.78, 5) is 24.6. The lowest BCUT2D eigenvalue weighted by atomic mass is 10.1. The molecule has 2 aromatic carbocycles. The first-order valence-electron chi connectivity index (χ1n) is 7.60. The number of carbonyl (C=O) groups is 1. The van der Waals surface area contributed by atoms with Crippen molar-refractivity contribution in [1.29, 1.82) is 0 Å². The van der Waals surface area contributed by atoms with Gasteiger partial charge in [-0.25, -0.2) is 0 Å². The molecule has 0 radical (unpaired) electrons. The number of hydrogen-bond donors (Lipinski definition) is 0. The van der Waals surface area contributed by atoms with E-state index in [9.17, 15) is 14.9 Å². The van der Waals surface area contributed by atoms with Crippen molar-refractivity contribution in [1.82, 2.24) is 0 Å². The van der Waals surface area contributed by atoms with E-state index < -0.39 is 4.92 Å². The maximum absolute atomic E-state index is 12.5. The molecule has 0 saturated heterocycles. The molecular weight excluding hydrogens is 344 g/mol. The molecule has 3 rings (SSSR count). The summed E-state index contributed by atoms with van der Waals surface area (Å²) >= 11 is 5.98. The fraction of sp³-hybridized carbons (Fsp3) is 0.167. The second-order valence-corrected chi connectivity index (χ2v) is 5.97. The Bertz CT molecular complexity index is 879. The van der Waals surface area contributed by atoms with Gasteiger partial charge in [-0.05, 0) is 36.3 Å². The highest BCUT2D eigenvalue weighted by Gasteiger charge is 2.25. The van der Waals surface area contributed by atoms with Crippen LogP contribution in [0.25, 0.3) is 6.08 Å². The third-order valence-corrected chi connectivity index (χ3v) is 4.27. The Kier molecular flexibility index (Phi) is 4.72. The van der Waals surface area contributed by atoms with Crippen LogP contribution in [0.1, 0.15) is 11.1 Å². The molecule has 0 bridgehead atoms. The highest BCUT2D eigenvalue weighted by Crippen LogP contribution is 2.32. The molecule has 0 N–H and O–H groups in total. The lowest BCUT2D eigenvalue weighted by molar-refractivity contribution is -0.384. The Morgan fingerprint density at radius 1 is 1.32 bits per heavy atom. The standard InChI is InChI=1S/C18H15ClN2O4/c1-25-17-6-4-14(19)10-13(17)3-7-18(22)20-9-8-12-2-5-15(21(23)24)11-16(12)20/h2-7,10-11H,8-9H2,1H3/b7-3+. The predicted octanol–water partition coefficient (Wildman–Crippen LogP) is 3.86. The molecule has 1 aliphatic rings. The average Bonchev–Trinajstić information content (AvgIpc) is 3.03. The Balaban J connectivity index is 1.86. The van der Waals surface area contributed by atoms with Crippen LogP contribution in [-0.4, -0.2) is 24.5 Å². The molecule has 128 valence electrons. The number of nitro groups is 1. The third-order valence-electron chi connectivity index (χ3n) is 4.04. The van der Waals surface area contributed by atoms with Crippen LogP contribution in [0.3, 0.4) is 0 Å². The van der Waals surface area contributed by atoms with E-state index in [-0.39, 0.29) is 11.6 Å². The number of non-ortho nitro benzene ring substituents is 1. The highest BCUT2D eigenvalue weighted by atomic mass is 35.5. The minimum absolute atomic E-state index is 0.0288. The number of anilines is 1. The van der Waals surface area contributed by atoms with Gasteiger partial charge in [0.15, 0.2) is 0 Å². The van der Waals surface area contributed by atoms with Crippen molar-refractivity contribution in [3.63, 3.8) is 0 Å². The van der Waals surface area contributed by atoms with Crippen molar-refractivity contribution in [3.05, 3.63) is 68.7 Å². The number of methoxy groups -OCH3 is 1. The molecule has 1 heterocycles. The van der Waals surface area contributed by atoms with Gasteiger partial charge in [-0.1, -0.05) is 17.7 Å². The van der Waals surface area contributed by atoms with Gasteiger partial charge in [-0.3, -0.25) is 14.9 Å². The van der Waals surface area contributed by atoms with Crippen molar-refractivity contribution in [2.24, 2.45) is 0 Å². The van der Waals surface area contributed by atoms with Crippen LogP contribution >= 0.6 is 11.6 Å². The van der Waals surface area contributed by atoms with Crippen molar-refractivity contribution in [2.45, 2.75) is 6.42 Å². The first-order valence-corrected chi connectivity index (χ1v) is 7.98. The Morgan fingerprint density at radius 3 is 2.84 bits per heavy atom. The zero-order chi connectivity index (χ0) is 18.0.